The summed E-state index contributed by atoms with van der Waals surface area (Å²) in [5, 5.41) is 5.47. The third kappa shape index (κ3) is 3.74. The average Bonchev–Trinajstić information content (AvgIpc) is 3.34. The minimum atomic E-state index is -0.498. The van der Waals surface area contributed by atoms with Crippen LogP contribution in [0.4, 0.5) is 10.2 Å². The second-order valence-electron chi connectivity index (χ2n) is 8.80. The first-order valence-corrected chi connectivity index (χ1v) is 11.9. The predicted octanol–water partition coefficient (Wildman–Crippen LogP) is 4.51. The number of ether oxygens (including phenoxy) is 1. The van der Waals surface area contributed by atoms with Gasteiger partial charge in [-0.25, -0.2) is 24.0 Å². The normalized spacial score (nSPS) is 12.2. The van der Waals surface area contributed by atoms with E-state index < -0.39 is 11.9 Å². The fourth-order valence-corrected chi connectivity index (χ4v) is 4.72. The van der Waals surface area contributed by atoms with Crippen molar-refractivity contribution in [2.45, 2.75) is 13.0 Å². The van der Waals surface area contributed by atoms with E-state index in [0.717, 1.165) is 0 Å². The van der Waals surface area contributed by atoms with E-state index in [1.54, 1.807) is 30.1 Å². The zero-order chi connectivity index (χ0) is 26.4. The molecule has 10 heteroatoms. The van der Waals surface area contributed by atoms with Crippen LogP contribution in [0.2, 0.25) is 0 Å². The number of nitrogens with two attached hydrogens (primary N) is 1. The molecule has 1 aromatic carbocycles. The Bertz CT molecular complexity index is 1870. The van der Waals surface area contributed by atoms with E-state index in [2.05, 4.69) is 15.0 Å². The Hall–Kier alpha value is -5.12. The van der Waals surface area contributed by atoms with Gasteiger partial charge in [0.05, 0.1) is 24.1 Å². The van der Waals surface area contributed by atoms with Crippen molar-refractivity contribution in [3.05, 3.63) is 101 Å². The van der Waals surface area contributed by atoms with Gasteiger partial charge in [0.25, 0.3) is 5.56 Å². The Morgan fingerprint density at radius 2 is 1.82 bits per heavy atom. The molecule has 0 spiro atoms. The van der Waals surface area contributed by atoms with E-state index in [1.165, 1.54) is 23.0 Å². The van der Waals surface area contributed by atoms with Crippen LogP contribution >= 0.6 is 0 Å². The minimum Gasteiger partial charge on any atom is -0.481 e. The molecule has 0 saturated carbocycles. The highest BCUT2D eigenvalue weighted by Gasteiger charge is 2.25. The molecule has 6 rings (SSSR count). The van der Waals surface area contributed by atoms with Crippen LogP contribution in [0.3, 0.4) is 0 Å². The lowest BCUT2D eigenvalue weighted by molar-refractivity contribution is 0.398. The van der Waals surface area contributed by atoms with Crippen LogP contribution in [0.25, 0.3) is 38.9 Å². The van der Waals surface area contributed by atoms with Crippen molar-refractivity contribution >= 4 is 22.4 Å². The molecule has 0 aliphatic rings. The molecule has 0 aliphatic heterocycles. The summed E-state index contributed by atoms with van der Waals surface area (Å²) in [5.74, 6) is 0.245. The summed E-state index contributed by atoms with van der Waals surface area (Å²) >= 11 is 0. The Morgan fingerprint density at radius 1 is 1.00 bits per heavy atom. The van der Waals surface area contributed by atoms with Gasteiger partial charge >= 0.3 is 0 Å². The standard InChI is InChI=1S/C28H22FN7O2/c1-16(21-12-20-10-9-19(29)14-35(20)28(37)23(21)17-6-4-3-5-7-17)36-27-24(26(30)32-15-33-27)25(34-36)18-8-11-22(38-2)31-13-18/h3-16H,1-2H3,(H2,30,32,33)/t16-/m1/s1. The number of benzene rings is 1. The van der Waals surface area contributed by atoms with Crippen LogP contribution in [-0.2, 0) is 0 Å². The molecule has 9 nitrogen and oxygen atoms in total. The summed E-state index contributed by atoms with van der Waals surface area (Å²) in [4.78, 5) is 26.7. The fraction of sp³-hybridized carbons (Fsp3) is 0.107. The quantitative estimate of drug-likeness (QED) is 0.365. The van der Waals surface area contributed by atoms with E-state index in [0.29, 0.717) is 50.4 Å². The number of hydrogen-bond acceptors (Lipinski definition) is 7. The number of fused-ring (bicyclic) bond motifs is 2. The highest BCUT2D eigenvalue weighted by atomic mass is 19.1. The van der Waals surface area contributed by atoms with Crippen molar-refractivity contribution < 1.29 is 9.13 Å². The van der Waals surface area contributed by atoms with Crippen molar-refractivity contribution in [2.75, 3.05) is 12.8 Å². The third-order valence-corrected chi connectivity index (χ3v) is 6.59. The molecule has 5 aromatic heterocycles. The number of nitrogen functional groups attached to an aromatic ring is 1. The zero-order valence-corrected chi connectivity index (χ0v) is 20.5. The van der Waals surface area contributed by atoms with Crippen LogP contribution in [0.15, 0.2) is 84.2 Å². The topological polar surface area (TPSA) is 113 Å². The van der Waals surface area contributed by atoms with Gasteiger partial charge in [0.1, 0.15) is 23.7 Å². The molecule has 0 radical (unpaired) electrons. The van der Waals surface area contributed by atoms with Gasteiger partial charge in [-0.1, -0.05) is 30.3 Å². The number of aromatic nitrogens is 6. The molecule has 5 heterocycles. The largest absolute Gasteiger partial charge is 0.481 e. The van der Waals surface area contributed by atoms with E-state index in [1.807, 2.05) is 49.4 Å². The molecule has 2 N–H and O–H groups in total. The van der Waals surface area contributed by atoms with Gasteiger partial charge in [-0.15, -0.1) is 0 Å². The number of pyridine rings is 3. The van der Waals surface area contributed by atoms with Crippen molar-refractivity contribution in [3.63, 3.8) is 0 Å². The fourth-order valence-electron chi connectivity index (χ4n) is 4.72. The van der Waals surface area contributed by atoms with Crippen LogP contribution in [-0.4, -0.2) is 36.2 Å². The summed E-state index contributed by atoms with van der Waals surface area (Å²) in [6.07, 6.45) is 4.23. The molecule has 0 saturated heterocycles. The van der Waals surface area contributed by atoms with Gasteiger partial charge in [0.2, 0.25) is 5.88 Å². The first kappa shape index (κ1) is 23.3. The molecule has 0 aliphatic carbocycles. The van der Waals surface area contributed by atoms with Gasteiger partial charge in [-0.2, -0.15) is 5.10 Å². The summed E-state index contributed by atoms with van der Waals surface area (Å²) in [5.41, 5.74) is 10.2. The molecule has 0 bridgehead atoms. The maximum absolute atomic E-state index is 14.1. The Morgan fingerprint density at radius 3 is 2.55 bits per heavy atom. The second kappa shape index (κ2) is 9.07. The summed E-state index contributed by atoms with van der Waals surface area (Å²) in [7, 11) is 1.55. The first-order chi connectivity index (χ1) is 18.5. The first-order valence-electron chi connectivity index (χ1n) is 11.9. The Balaban J connectivity index is 1.62. The molecule has 0 amide bonds. The maximum Gasteiger partial charge on any atom is 0.263 e. The molecule has 188 valence electrons. The van der Waals surface area contributed by atoms with Crippen LogP contribution in [0, 0.1) is 5.82 Å². The molecule has 0 fully saturated rings. The van der Waals surface area contributed by atoms with Gasteiger partial charge in [0, 0.05) is 29.5 Å². The molecule has 0 unspecified atom stereocenters. The lowest BCUT2D eigenvalue weighted by Crippen LogP contribution is -2.21. The predicted molar refractivity (Wildman–Crippen MR) is 142 cm³/mol. The monoisotopic (exact) mass is 507 g/mol. The Kier molecular flexibility index (Phi) is 5.56. The molecule has 38 heavy (non-hydrogen) atoms. The molecule has 1 atom stereocenters. The van der Waals surface area contributed by atoms with Crippen LogP contribution in [0.1, 0.15) is 18.5 Å². The minimum absolute atomic E-state index is 0.275. The number of rotatable bonds is 5. The number of halogens is 1. The number of hydrogen-bond donors (Lipinski definition) is 1. The second-order valence-corrected chi connectivity index (χ2v) is 8.80. The smallest absolute Gasteiger partial charge is 0.263 e. The van der Waals surface area contributed by atoms with Crippen LogP contribution in [0.5, 0.6) is 5.88 Å². The number of nitrogens with zero attached hydrogens (tertiary/aromatic N) is 6. The highest BCUT2D eigenvalue weighted by Crippen LogP contribution is 2.35. The van der Waals surface area contributed by atoms with Gasteiger partial charge in [0.15, 0.2) is 5.65 Å². The maximum atomic E-state index is 14.1. The zero-order valence-electron chi connectivity index (χ0n) is 20.5. The van der Waals surface area contributed by atoms with E-state index in [-0.39, 0.29) is 11.4 Å². The van der Waals surface area contributed by atoms with Gasteiger partial charge in [-0.05, 0) is 42.3 Å². The van der Waals surface area contributed by atoms with Gasteiger partial charge in [-0.3, -0.25) is 9.20 Å². The Labute approximate surface area is 216 Å². The highest BCUT2D eigenvalue weighted by molar-refractivity contribution is 5.98. The van der Waals surface area contributed by atoms with Crippen molar-refractivity contribution in [2.24, 2.45) is 0 Å². The molecule has 6 aromatic rings. The lowest BCUT2D eigenvalue weighted by atomic mass is 9.96. The van der Waals surface area contributed by atoms with Crippen LogP contribution < -0.4 is 16.0 Å². The summed E-state index contributed by atoms with van der Waals surface area (Å²) in [6.45, 7) is 1.93. The number of methoxy groups -OCH3 is 1. The molecular formula is C28H22FN7O2. The summed E-state index contributed by atoms with van der Waals surface area (Å²) < 4.78 is 22.3. The van der Waals surface area contributed by atoms with Crippen molar-refractivity contribution in [3.8, 4) is 28.3 Å². The van der Waals surface area contributed by atoms with E-state index in [4.69, 9.17) is 15.6 Å². The average molecular weight is 508 g/mol. The van der Waals surface area contributed by atoms with Gasteiger partial charge < -0.3 is 10.5 Å². The molecular weight excluding hydrogens is 485 g/mol. The van der Waals surface area contributed by atoms with E-state index >= 15 is 0 Å². The van der Waals surface area contributed by atoms with Crippen molar-refractivity contribution in [1.82, 2.24) is 29.1 Å². The van der Waals surface area contributed by atoms with Crippen molar-refractivity contribution in [1.29, 1.82) is 0 Å². The third-order valence-electron chi connectivity index (χ3n) is 6.59. The summed E-state index contributed by atoms with van der Waals surface area (Å²) in [6, 6.07) is 17.2. The SMILES string of the molecule is COc1ccc(-c2nn([C@H](C)c3cc4ccc(F)cn4c(=O)c3-c3ccccc3)c3ncnc(N)c23)cn1. The lowest BCUT2D eigenvalue weighted by Gasteiger charge is -2.19. The number of anilines is 1. The van der Waals surface area contributed by atoms with E-state index in [9.17, 15) is 9.18 Å².